The first-order valence-corrected chi connectivity index (χ1v) is 6.62. The molecule has 1 saturated heterocycles. The highest BCUT2D eigenvalue weighted by atomic mass is 35.5. The van der Waals surface area contributed by atoms with Crippen molar-refractivity contribution in [3.63, 3.8) is 0 Å². The third kappa shape index (κ3) is 2.75. The first-order valence-electron chi connectivity index (χ1n) is 6.08. The van der Waals surface area contributed by atoms with Gasteiger partial charge in [-0.25, -0.2) is 9.37 Å². The Balaban J connectivity index is 2.25. The first kappa shape index (κ1) is 13.6. The zero-order valence-corrected chi connectivity index (χ0v) is 11.5. The van der Waals surface area contributed by atoms with Crippen LogP contribution in [-0.2, 0) is 10.6 Å². The molecule has 0 radical (unpaired) electrons. The third-order valence-corrected chi connectivity index (χ3v) is 3.79. The van der Waals surface area contributed by atoms with Crippen LogP contribution in [0.25, 0.3) is 0 Å². The van der Waals surface area contributed by atoms with Gasteiger partial charge in [-0.05, 0) is 25.8 Å². The van der Waals surface area contributed by atoms with Crippen LogP contribution in [0, 0.1) is 5.82 Å². The van der Waals surface area contributed by atoms with Gasteiger partial charge in [0.1, 0.15) is 11.6 Å². The standard InChI is InChI=1S/C13H18ClFN2O/c1-13(18-2)4-3-5-17(9-13)12-10(7-14)6-11(15)8-16-12/h6,8H,3-5,7,9H2,1-2H3. The van der Waals surface area contributed by atoms with E-state index in [0.29, 0.717) is 0 Å². The fourth-order valence-electron chi connectivity index (χ4n) is 2.41. The van der Waals surface area contributed by atoms with Gasteiger partial charge in [-0.2, -0.15) is 0 Å². The molecule has 18 heavy (non-hydrogen) atoms. The molecule has 0 saturated carbocycles. The van der Waals surface area contributed by atoms with Crippen LogP contribution >= 0.6 is 11.6 Å². The number of hydrogen-bond donors (Lipinski definition) is 0. The highest BCUT2D eigenvalue weighted by Crippen LogP contribution is 2.29. The van der Waals surface area contributed by atoms with Crippen LogP contribution in [0.3, 0.4) is 0 Å². The Bertz CT molecular complexity index is 429. The van der Waals surface area contributed by atoms with E-state index in [1.165, 1.54) is 12.3 Å². The van der Waals surface area contributed by atoms with Gasteiger partial charge in [-0.15, -0.1) is 11.6 Å². The Labute approximate surface area is 112 Å². The van der Waals surface area contributed by atoms with E-state index < -0.39 is 0 Å². The minimum Gasteiger partial charge on any atom is -0.377 e. The van der Waals surface area contributed by atoms with E-state index in [2.05, 4.69) is 16.8 Å². The van der Waals surface area contributed by atoms with E-state index in [4.69, 9.17) is 16.3 Å². The van der Waals surface area contributed by atoms with Gasteiger partial charge in [0, 0.05) is 25.8 Å². The number of methoxy groups -OCH3 is 1. The second kappa shape index (κ2) is 5.41. The lowest BCUT2D eigenvalue weighted by Gasteiger charge is -2.40. The summed E-state index contributed by atoms with van der Waals surface area (Å²) >= 11 is 5.86. The molecule has 3 nitrogen and oxygen atoms in total. The molecule has 1 aliphatic rings. The normalized spacial score (nSPS) is 24.3. The summed E-state index contributed by atoms with van der Waals surface area (Å²) in [6.45, 7) is 3.75. The van der Waals surface area contributed by atoms with Crippen molar-refractivity contribution in [2.24, 2.45) is 0 Å². The lowest BCUT2D eigenvalue weighted by molar-refractivity contribution is -0.00484. The van der Waals surface area contributed by atoms with Crippen molar-refractivity contribution in [3.8, 4) is 0 Å². The average molecular weight is 273 g/mol. The number of rotatable bonds is 3. The summed E-state index contributed by atoms with van der Waals surface area (Å²) in [6, 6.07) is 1.45. The Morgan fingerprint density at radius 1 is 1.61 bits per heavy atom. The predicted octanol–water partition coefficient (Wildman–Crippen LogP) is 2.96. The molecule has 0 spiro atoms. The highest BCUT2D eigenvalue weighted by molar-refractivity contribution is 6.17. The number of halogens is 2. The number of nitrogens with zero attached hydrogens (tertiary/aromatic N) is 2. The molecule has 1 aromatic rings. The van der Waals surface area contributed by atoms with E-state index >= 15 is 0 Å². The molecule has 1 atom stereocenters. The highest BCUT2D eigenvalue weighted by Gasteiger charge is 2.32. The molecular weight excluding hydrogens is 255 g/mol. The summed E-state index contributed by atoms with van der Waals surface area (Å²) < 4.78 is 18.7. The molecular formula is C13H18ClFN2O. The average Bonchev–Trinajstić information content (AvgIpc) is 2.38. The van der Waals surface area contributed by atoms with Gasteiger partial charge < -0.3 is 9.64 Å². The number of alkyl halides is 1. The number of anilines is 1. The Hall–Kier alpha value is -0.870. The Kier molecular flexibility index (Phi) is 4.07. The number of aromatic nitrogens is 1. The second-order valence-corrected chi connectivity index (χ2v) is 5.22. The molecule has 0 N–H and O–H groups in total. The van der Waals surface area contributed by atoms with E-state index in [9.17, 15) is 4.39 Å². The van der Waals surface area contributed by atoms with Crippen LogP contribution < -0.4 is 4.90 Å². The Morgan fingerprint density at radius 2 is 2.39 bits per heavy atom. The van der Waals surface area contributed by atoms with Gasteiger partial charge in [0.05, 0.1) is 17.7 Å². The third-order valence-electron chi connectivity index (χ3n) is 3.50. The van der Waals surface area contributed by atoms with Crippen LogP contribution in [0.2, 0.25) is 0 Å². The zero-order valence-electron chi connectivity index (χ0n) is 10.7. The molecule has 0 amide bonds. The van der Waals surface area contributed by atoms with Crippen LogP contribution in [0.15, 0.2) is 12.3 Å². The molecule has 2 heterocycles. The molecule has 5 heteroatoms. The molecule has 0 aliphatic carbocycles. The summed E-state index contributed by atoms with van der Waals surface area (Å²) in [6.07, 6.45) is 3.30. The van der Waals surface area contributed by atoms with E-state index in [1.54, 1.807) is 7.11 Å². The molecule has 0 bridgehead atoms. The summed E-state index contributed by atoms with van der Waals surface area (Å²) in [4.78, 5) is 6.31. The number of piperidine rings is 1. The SMILES string of the molecule is COC1(C)CCCN(c2ncc(F)cc2CCl)C1. The second-order valence-electron chi connectivity index (χ2n) is 4.95. The van der Waals surface area contributed by atoms with Crippen LogP contribution in [0.5, 0.6) is 0 Å². The van der Waals surface area contributed by atoms with Gasteiger partial charge in [0.25, 0.3) is 0 Å². The van der Waals surface area contributed by atoms with Crippen molar-refractivity contribution in [2.45, 2.75) is 31.2 Å². The van der Waals surface area contributed by atoms with Crippen LogP contribution in [-0.4, -0.2) is 30.8 Å². The van der Waals surface area contributed by atoms with Gasteiger partial charge >= 0.3 is 0 Å². The topological polar surface area (TPSA) is 25.4 Å². The summed E-state index contributed by atoms with van der Waals surface area (Å²) in [5.41, 5.74) is 0.565. The largest absolute Gasteiger partial charge is 0.377 e. The maximum atomic E-state index is 13.2. The number of ether oxygens (including phenoxy) is 1. The van der Waals surface area contributed by atoms with Crippen molar-refractivity contribution in [2.75, 3.05) is 25.1 Å². The molecule has 1 aliphatic heterocycles. The van der Waals surface area contributed by atoms with Crippen molar-refractivity contribution in [1.29, 1.82) is 0 Å². The van der Waals surface area contributed by atoms with Crippen LogP contribution in [0.4, 0.5) is 10.2 Å². The molecule has 1 unspecified atom stereocenters. The van der Waals surface area contributed by atoms with E-state index in [0.717, 1.165) is 37.3 Å². The van der Waals surface area contributed by atoms with Gasteiger partial charge in [-0.1, -0.05) is 0 Å². The number of hydrogen-bond acceptors (Lipinski definition) is 3. The predicted molar refractivity (Wildman–Crippen MR) is 70.6 cm³/mol. The van der Waals surface area contributed by atoms with Crippen molar-refractivity contribution in [1.82, 2.24) is 4.98 Å². The zero-order chi connectivity index (χ0) is 13.2. The fourth-order valence-corrected chi connectivity index (χ4v) is 2.61. The smallest absolute Gasteiger partial charge is 0.141 e. The molecule has 0 aromatic carbocycles. The summed E-state index contributed by atoms with van der Waals surface area (Å²) in [5.74, 6) is 0.690. The quantitative estimate of drug-likeness (QED) is 0.791. The first-order chi connectivity index (χ1) is 8.58. The maximum absolute atomic E-state index is 13.2. The maximum Gasteiger partial charge on any atom is 0.141 e. The molecule has 2 rings (SSSR count). The van der Waals surface area contributed by atoms with E-state index in [1.807, 2.05) is 0 Å². The monoisotopic (exact) mass is 272 g/mol. The van der Waals surface area contributed by atoms with Crippen molar-refractivity contribution < 1.29 is 9.13 Å². The lowest BCUT2D eigenvalue weighted by Crippen LogP contribution is -2.48. The minimum absolute atomic E-state index is 0.169. The summed E-state index contributed by atoms with van der Waals surface area (Å²) in [5, 5.41) is 0. The Morgan fingerprint density at radius 3 is 3.06 bits per heavy atom. The van der Waals surface area contributed by atoms with Gasteiger partial charge in [-0.3, -0.25) is 0 Å². The van der Waals surface area contributed by atoms with Crippen molar-refractivity contribution >= 4 is 17.4 Å². The molecule has 1 aromatic heterocycles. The number of pyridine rings is 1. The lowest BCUT2D eigenvalue weighted by atomic mass is 9.94. The minimum atomic E-state index is -0.346. The van der Waals surface area contributed by atoms with Crippen LogP contribution in [0.1, 0.15) is 25.3 Å². The van der Waals surface area contributed by atoms with E-state index in [-0.39, 0.29) is 17.3 Å². The fraction of sp³-hybridized carbons (Fsp3) is 0.615. The summed E-state index contributed by atoms with van der Waals surface area (Å²) in [7, 11) is 1.73. The van der Waals surface area contributed by atoms with Gasteiger partial charge in [0.15, 0.2) is 0 Å². The van der Waals surface area contributed by atoms with Gasteiger partial charge in [0.2, 0.25) is 0 Å². The van der Waals surface area contributed by atoms with Crippen molar-refractivity contribution in [3.05, 3.63) is 23.6 Å². The molecule has 100 valence electrons. The molecule has 1 fully saturated rings.